The number of hydrogen-bond donors (Lipinski definition) is 2. The predicted octanol–water partition coefficient (Wildman–Crippen LogP) is 3.86. The van der Waals surface area contributed by atoms with E-state index in [1.54, 1.807) is 0 Å². The summed E-state index contributed by atoms with van der Waals surface area (Å²) >= 11 is 0. The number of aryl methyl sites for hydroxylation is 1. The number of hydrogen-bond acceptors (Lipinski definition) is 4. The molecule has 0 aromatic heterocycles. The van der Waals surface area contributed by atoms with Crippen LogP contribution >= 0.6 is 0 Å². The molecule has 12 heteroatoms. The number of ether oxygens (including phenoxy) is 1. The Morgan fingerprint density at radius 2 is 1.69 bits per heavy atom. The minimum Gasteiger partial charge on any atom is -0.354 e. The Morgan fingerprint density at radius 3 is 2.22 bits per heavy atom. The third-order valence-corrected chi connectivity index (χ3v) is 4.79. The van der Waals surface area contributed by atoms with Crippen molar-refractivity contribution >= 4 is 11.8 Å². The zero-order valence-corrected chi connectivity index (χ0v) is 19.9. The number of nitrogens with zero attached hydrogens (tertiary/aromatic N) is 1. The lowest BCUT2D eigenvalue weighted by Gasteiger charge is -2.21. The molecular formula is C24H29F6N3O3. The van der Waals surface area contributed by atoms with Gasteiger partial charge in [-0.2, -0.15) is 0 Å². The molecule has 1 aliphatic heterocycles. The lowest BCUT2D eigenvalue weighted by Crippen LogP contribution is -2.40. The highest BCUT2D eigenvalue weighted by Crippen LogP contribution is 2.16. The maximum Gasteiger partial charge on any atom is 0.522 e. The maximum absolute atomic E-state index is 13.6. The van der Waals surface area contributed by atoms with Gasteiger partial charge in [0.15, 0.2) is 11.6 Å². The third kappa shape index (κ3) is 12.5. The number of carbonyl (C=O) groups excluding carboxylic acids is 2. The SMILES string of the molecule is COC(F)(F)F.Cc1ccccc1.N[C@@H](CC(=O)N1CCCNC(=O)C1)Cc1cc(F)c(F)cc1F. The van der Waals surface area contributed by atoms with E-state index in [0.717, 1.165) is 6.07 Å². The van der Waals surface area contributed by atoms with Gasteiger partial charge in [-0.15, -0.1) is 13.2 Å². The van der Waals surface area contributed by atoms with Gasteiger partial charge in [-0.05, 0) is 31.4 Å². The van der Waals surface area contributed by atoms with Crippen LogP contribution in [0.1, 0.15) is 24.0 Å². The molecule has 1 atom stereocenters. The molecule has 2 aromatic rings. The Hall–Kier alpha value is -3.12. The zero-order valence-electron chi connectivity index (χ0n) is 19.9. The molecule has 0 spiro atoms. The molecule has 2 aromatic carbocycles. The van der Waals surface area contributed by atoms with E-state index in [1.807, 2.05) is 18.2 Å². The monoisotopic (exact) mass is 521 g/mol. The summed E-state index contributed by atoms with van der Waals surface area (Å²) in [6, 6.07) is 10.7. The van der Waals surface area contributed by atoms with Crippen LogP contribution < -0.4 is 11.1 Å². The minimum absolute atomic E-state index is 0.0366. The van der Waals surface area contributed by atoms with Crippen molar-refractivity contribution in [3.63, 3.8) is 0 Å². The summed E-state index contributed by atoms with van der Waals surface area (Å²) in [6.45, 7) is 2.99. The summed E-state index contributed by atoms with van der Waals surface area (Å²) in [7, 11) is 0.583. The largest absolute Gasteiger partial charge is 0.522 e. The second-order valence-electron chi connectivity index (χ2n) is 7.85. The van der Waals surface area contributed by atoms with Gasteiger partial charge in [0, 0.05) is 38.7 Å². The molecule has 0 saturated carbocycles. The van der Waals surface area contributed by atoms with Crippen molar-refractivity contribution in [1.82, 2.24) is 10.2 Å². The molecule has 1 aliphatic rings. The Kier molecular flexibility index (Phi) is 13.0. The smallest absolute Gasteiger partial charge is 0.354 e. The minimum atomic E-state index is -4.46. The van der Waals surface area contributed by atoms with Crippen LogP contribution in [-0.2, 0) is 20.7 Å². The van der Waals surface area contributed by atoms with E-state index in [1.165, 1.54) is 10.5 Å². The van der Waals surface area contributed by atoms with Crippen LogP contribution in [-0.4, -0.2) is 55.9 Å². The lowest BCUT2D eigenvalue weighted by molar-refractivity contribution is -0.311. The Balaban J connectivity index is 0.000000406. The molecule has 200 valence electrons. The number of alkyl halides is 3. The first kappa shape index (κ1) is 30.9. The fourth-order valence-electron chi connectivity index (χ4n) is 2.98. The number of nitrogens with two attached hydrogens (primary N) is 1. The van der Waals surface area contributed by atoms with E-state index in [9.17, 15) is 35.9 Å². The first-order valence-corrected chi connectivity index (χ1v) is 10.9. The number of halogens is 6. The van der Waals surface area contributed by atoms with E-state index in [2.05, 4.69) is 29.1 Å². The van der Waals surface area contributed by atoms with Gasteiger partial charge in [0.1, 0.15) is 5.82 Å². The van der Waals surface area contributed by atoms with Crippen LogP contribution in [0.15, 0.2) is 42.5 Å². The number of nitrogens with one attached hydrogen (secondary N) is 1. The van der Waals surface area contributed by atoms with Crippen molar-refractivity contribution in [1.29, 1.82) is 0 Å². The molecule has 1 saturated heterocycles. The van der Waals surface area contributed by atoms with Crippen LogP contribution in [0.3, 0.4) is 0 Å². The molecule has 0 unspecified atom stereocenters. The molecule has 0 bridgehead atoms. The fraction of sp³-hybridized carbons (Fsp3) is 0.417. The summed E-state index contributed by atoms with van der Waals surface area (Å²) in [5.74, 6) is -3.90. The van der Waals surface area contributed by atoms with E-state index in [4.69, 9.17) is 5.73 Å². The Bertz CT molecular complexity index is 974. The van der Waals surface area contributed by atoms with Crippen molar-refractivity contribution < 1.29 is 40.7 Å². The van der Waals surface area contributed by atoms with Gasteiger partial charge in [-0.25, -0.2) is 13.2 Å². The van der Waals surface area contributed by atoms with Gasteiger partial charge in [-0.3, -0.25) is 14.3 Å². The topological polar surface area (TPSA) is 84.7 Å². The van der Waals surface area contributed by atoms with Crippen molar-refractivity contribution in [2.75, 3.05) is 26.7 Å². The Morgan fingerprint density at radius 1 is 1.11 bits per heavy atom. The number of amides is 2. The molecule has 36 heavy (non-hydrogen) atoms. The van der Waals surface area contributed by atoms with Gasteiger partial charge in [0.2, 0.25) is 11.8 Å². The second-order valence-corrected chi connectivity index (χ2v) is 7.85. The average molecular weight is 522 g/mol. The molecular weight excluding hydrogens is 492 g/mol. The van der Waals surface area contributed by atoms with Crippen molar-refractivity contribution in [3.05, 3.63) is 71.0 Å². The van der Waals surface area contributed by atoms with Gasteiger partial charge < -0.3 is 16.0 Å². The quantitative estimate of drug-likeness (QED) is 0.473. The third-order valence-electron chi connectivity index (χ3n) is 4.79. The average Bonchev–Trinajstić information content (AvgIpc) is 3.03. The Labute approximate surface area is 205 Å². The van der Waals surface area contributed by atoms with Crippen molar-refractivity contribution in [2.24, 2.45) is 5.73 Å². The molecule has 1 fully saturated rings. The first-order valence-electron chi connectivity index (χ1n) is 10.9. The number of carbonyl (C=O) groups is 2. The molecule has 1 heterocycles. The maximum atomic E-state index is 13.6. The molecule has 0 radical (unpaired) electrons. The van der Waals surface area contributed by atoms with Gasteiger partial charge in [0.05, 0.1) is 6.54 Å². The van der Waals surface area contributed by atoms with Gasteiger partial charge >= 0.3 is 6.36 Å². The first-order chi connectivity index (χ1) is 16.8. The molecule has 3 rings (SSSR count). The fourth-order valence-corrected chi connectivity index (χ4v) is 2.98. The summed E-state index contributed by atoms with van der Waals surface area (Å²) < 4.78 is 74.2. The molecule has 0 aliphatic carbocycles. The van der Waals surface area contributed by atoms with Crippen LogP contribution in [0.2, 0.25) is 0 Å². The normalized spacial score (nSPS) is 14.4. The van der Waals surface area contributed by atoms with Crippen molar-refractivity contribution in [3.8, 4) is 0 Å². The molecule has 3 N–H and O–H groups in total. The number of benzene rings is 2. The van der Waals surface area contributed by atoms with E-state index in [0.29, 0.717) is 32.7 Å². The molecule has 6 nitrogen and oxygen atoms in total. The van der Waals surface area contributed by atoms with Crippen molar-refractivity contribution in [2.45, 2.75) is 38.6 Å². The highest BCUT2D eigenvalue weighted by atomic mass is 19.4. The van der Waals surface area contributed by atoms with Gasteiger partial charge in [-0.1, -0.05) is 35.9 Å². The zero-order chi connectivity index (χ0) is 27.3. The summed E-state index contributed by atoms with van der Waals surface area (Å²) in [5, 5.41) is 2.65. The lowest BCUT2D eigenvalue weighted by atomic mass is 10.0. The van der Waals surface area contributed by atoms with Crippen LogP contribution in [0.25, 0.3) is 0 Å². The van der Waals surface area contributed by atoms with Crippen LogP contribution in [0.4, 0.5) is 26.3 Å². The number of rotatable bonds is 4. The summed E-state index contributed by atoms with van der Waals surface area (Å²) in [5.41, 5.74) is 7.05. The highest BCUT2D eigenvalue weighted by Gasteiger charge is 2.26. The second kappa shape index (κ2) is 15.1. The number of methoxy groups -OCH3 is 1. The van der Waals surface area contributed by atoms with E-state index in [-0.39, 0.29) is 36.8 Å². The van der Waals surface area contributed by atoms with E-state index < -0.39 is 29.9 Å². The molecule has 2 amide bonds. The summed E-state index contributed by atoms with van der Waals surface area (Å²) in [4.78, 5) is 25.0. The predicted molar refractivity (Wildman–Crippen MR) is 121 cm³/mol. The highest BCUT2D eigenvalue weighted by molar-refractivity contribution is 5.85. The van der Waals surface area contributed by atoms with Crippen LogP contribution in [0, 0.1) is 24.4 Å². The van der Waals surface area contributed by atoms with Crippen LogP contribution in [0.5, 0.6) is 0 Å². The standard InChI is InChI=1S/C15H18F3N3O2.C7H8.C2H3F3O/c16-11-7-13(18)12(17)5-9(11)4-10(19)6-15(23)21-3-1-2-20-14(22)8-21;1-7-5-3-2-4-6-7;1-6-2(3,4)5/h5,7,10H,1-4,6,8,19H2,(H,20,22);2-6H,1H3;1H3/t10-;;/m1../s1. The van der Waals surface area contributed by atoms with E-state index >= 15 is 0 Å². The summed E-state index contributed by atoms with van der Waals surface area (Å²) in [6.07, 6.45) is -4.02. The van der Waals surface area contributed by atoms with Gasteiger partial charge in [0.25, 0.3) is 0 Å².